The molecule has 1 aliphatic heterocycles. The summed E-state index contributed by atoms with van der Waals surface area (Å²) in [6.07, 6.45) is 6.33. The Morgan fingerprint density at radius 2 is 1.69 bits per heavy atom. The van der Waals surface area contributed by atoms with Crippen LogP contribution in [-0.2, 0) is 14.8 Å². The first kappa shape index (κ1) is 19.2. The Balaban J connectivity index is 1.55. The molecule has 3 rings (SSSR count). The van der Waals surface area contributed by atoms with Crippen LogP contribution in [0.2, 0.25) is 0 Å². The zero-order valence-corrected chi connectivity index (χ0v) is 15.5. The smallest absolute Gasteiger partial charge is 0.243 e. The Morgan fingerprint density at radius 1 is 1.04 bits per heavy atom. The standard InChI is InChI=1S/C18H24F2N2O3S/c19-16-7-6-15(13-17(16)20)26(24,25)22-11-9-21(10-12-22)18(23)8-5-14-3-1-2-4-14/h6-7,13-14H,1-5,8-12H2. The molecule has 0 atom stereocenters. The average Bonchev–Trinajstić information content (AvgIpc) is 3.15. The molecule has 1 aromatic carbocycles. The van der Waals surface area contributed by atoms with Gasteiger partial charge in [0, 0.05) is 32.6 Å². The van der Waals surface area contributed by atoms with E-state index in [1.165, 1.54) is 30.0 Å². The number of benzene rings is 1. The normalized spacial score (nSPS) is 19.8. The van der Waals surface area contributed by atoms with E-state index in [4.69, 9.17) is 0 Å². The number of hydrogen-bond donors (Lipinski definition) is 0. The lowest BCUT2D eigenvalue weighted by molar-refractivity contribution is -0.132. The van der Waals surface area contributed by atoms with Crippen LogP contribution in [0.15, 0.2) is 23.1 Å². The molecule has 0 bridgehead atoms. The van der Waals surface area contributed by atoms with Gasteiger partial charge in [0.25, 0.3) is 0 Å². The predicted octanol–water partition coefficient (Wildman–Crippen LogP) is 2.77. The molecule has 0 unspecified atom stereocenters. The number of halogens is 2. The Hall–Kier alpha value is -1.54. The quantitative estimate of drug-likeness (QED) is 0.782. The maximum absolute atomic E-state index is 13.3. The fraction of sp³-hybridized carbons (Fsp3) is 0.611. The van der Waals surface area contributed by atoms with Gasteiger partial charge < -0.3 is 4.90 Å². The minimum absolute atomic E-state index is 0.0711. The van der Waals surface area contributed by atoms with Crippen LogP contribution < -0.4 is 0 Å². The second kappa shape index (κ2) is 8.00. The van der Waals surface area contributed by atoms with Crippen LogP contribution in [0.4, 0.5) is 8.78 Å². The van der Waals surface area contributed by atoms with E-state index in [9.17, 15) is 22.0 Å². The number of sulfonamides is 1. The van der Waals surface area contributed by atoms with Gasteiger partial charge in [0.05, 0.1) is 4.90 Å². The van der Waals surface area contributed by atoms with E-state index in [0.717, 1.165) is 18.6 Å². The lowest BCUT2D eigenvalue weighted by atomic mass is 10.0. The maximum Gasteiger partial charge on any atom is 0.243 e. The van der Waals surface area contributed by atoms with Crippen molar-refractivity contribution in [3.8, 4) is 0 Å². The second-order valence-corrected chi connectivity index (χ2v) is 8.99. The molecule has 8 heteroatoms. The summed E-state index contributed by atoms with van der Waals surface area (Å²) < 4.78 is 52.7. The lowest BCUT2D eigenvalue weighted by Crippen LogP contribution is -2.50. The summed E-state index contributed by atoms with van der Waals surface area (Å²) in [4.78, 5) is 13.8. The average molecular weight is 386 g/mol. The molecule has 0 N–H and O–H groups in total. The van der Waals surface area contributed by atoms with Crippen molar-refractivity contribution in [1.29, 1.82) is 0 Å². The van der Waals surface area contributed by atoms with E-state index >= 15 is 0 Å². The number of hydrogen-bond acceptors (Lipinski definition) is 3. The van der Waals surface area contributed by atoms with E-state index < -0.39 is 21.7 Å². The third-order valence-corrected chi connectivity index (χ3v) is 7.26. The summed E-state index contributed by atoms with van der Waals surface area (Å²) in [6, 6.07) is 2.57. The first-order valence-electron chi connectivity index (χ1n) is 9.11. The Morgan fingerprint density at radius 3 is 2.31 bits per heavy atom. The third kappa shape index (κ3) is 4.23. The molecule has 144 valence electrons. The topological polar surface area (TPSA) is 57.7 Å². The number of carbonyl (C=O) groups excluding carboxylic acids is 1. The van der Waals surface area contributed by atoms with Crippen LogP contribution >= 0.6 is 0 Å². The van der Waals surface area contributed by atoms with E-state index in [0.29, 0.717) is 31.5 Å². The van der Waals surface area contributed by atoms with Gasteiger partial charge >= 0.3 is 0 Å². The molecule has 0 spiro atoms. The Bertz CT molecular complexity index is 756. The van der Waals surface area contributed by atoms with Crippen molar-refractivity contribution in [2.24, 2.45) is 5.92 Å². The second-order valence-electron chi connectivity index (χ2n) is 7.05. The van der Waals surface area contributed by atoms with Crippen LogP contribution in [0.5, 0.6) is 0 Å². The molecule has 1 amide bonds. The SMILES string of the molecule is O=C(CCC1CCCC1)N1CCN(S(=O)(=O)c2ccc(F)c(F)c2)CC1. The molecule has 1 aliphatic carbocycles. The fourth-order valence-electron chi connectivity index (χ4n) is 3.75. The molecule has 0 radical (unpaired) electrons. The first-order chi connectivity index (χ1) is 12.4. The van der Waals surface area contributed by atoms with Gasteiger partial charge in [0.15, 0.2) is 11.6 Å². The molecule has 1 heterocycles. The molecule has 0 aromatic heterocycles. The minimum atomic E-state index is -3.89. The molecule has 1 saturated heterocycles. The number of rotatable bonds is 5. The molecule has 1 aromatic rings. The summed E-state index contributed by atoms with van der Waals surface area (Å²) in [5, 5.41) is 0. The highest BCUT2D eigenvalue weighted by atomic mass is 32.2. The molecular weight excluding hydrogens is 362 g/mol. The van der Waals surface area contributed by atoms with Crippen molar-refractivity contribution in [1.82, 2.24) is 9.21 Å². The van der Waals surface area contributed by atoms with E-state index in [-0.39, 0.29) is 23.9 Å². The van der Waals surface area contributed by atoms with Gasteiger partial charge in [-0.3, -0.25) is 4.79 Å². The van der Waals surface area contributed by atoms with Crippen LogP contribution in [0, 0.1) is 17.6 Å². The van der Waals surface area contributed by atoms with Crippen molar-refractivity contribution in [2.75, 3.05) is 26.2 Å². The summed E-state index contributed by atoms with van der Waals surface area (Å²) in [6.45, 7) is 0.978. The third-order valence-electron chi connectivity index (χ3n) is 5.36. The van der Waals surface area contributed by atoms with Crippen molar-refractivity contribution in [2.45, 2.75) is 43.4 Å². The van der Waals surface area contributed by atoms with Gasteiger partial charge in [0.1, 0.15) is 0 Å². The number of piperazine rings is 1. The molecule has 5 nitrogen and oxygen atoms in total. The monoisotopic (exact) mass is 386 g/mol. The van der Waals surface area contributed by atoms with E-state index in [1.807, 2.05) is 0 Å². The van der Waals surface area contributed by atoms with Gasteiger partial charge in [0.2, 0.25) is 15.9 Å². The highest BCUT2D eigenvalue weighted by molar-refractivity contribution is 7.89. The molecule has 2 aliphatic rings. The molecule has 1 saturated carbocycles. The fourth-order valence-corrected chi connectivity index (χ4v) is 5.18. The zero-order chi connectivity index (χ0) is 18.7. The van der Waals surface area contributed by atoms with Crippen molar-refractivity contribution in [3.63, 3.8) is 0 Å². The molecule has 2 fully saturated rings. The van der Waals surface area contributed by atoms with Gasteiger partial charge in [-0.15, -0.1) is 0 Å². The van der Waals surface area contributed by atoms with Gasteiger partial charge in [-0.2, -0.15) is 4.31 Å². The van der Waals surface area contributed by atoms with Gasteiger partial charge in [-0.25, -0.2) is 17.2 Å². The van der Waals surface area contributed by atoms with E-state index in [1.54, 1.807) is 4.90 Å². The van der Waals surface area contributed by atoms with E-state index in [2.05, 4.69) is 0 Å². The minimum Gasteiger partial charge on any atom is -0.340 e. The molecular formula is C18H24F2N2O3S. The highest BCUT2D eigenvalue weighted by Gasteiger charge is 2.30. The summed E-state index contributed by atoms with van der Waals surface area (Å²) in [5.41, 5.74) is 0. The van der Waals surface area contributed by atoms with Crippen LogP contribution in [-0.4, -0.2) is 49.7 Å². The number of carbonyl (C=O) groups is 1. The zero-order valence-electron chi connectivity index (χ0n) is 14.7. The van der Waals surface area contributed by atoms with Crippen LogP contribution in [0.1, 0.15) is 38.5 Å². The summed E-state index contributed by atoms with van der Waals surface area (Å²) in [5.74, 6) is -1.55. The number of nitrogens with zero attached hydrogens (tertiary/aromatic N) is 2. The summed E-state index contributed by atoms with van der Waals surface area (Å²) >= 11 is 0. The van der Waals surface area contributed by atoms with Gasteiger partial charge in [-0.1, -0.05) is 25.7 Å². The Labute approximate surface area is 153 Å². The predicted molar refractivity (Wildman–Crippen MR) is 92.9 cm³/mol. The van der Waals surface area contributed by atoms with Crippen molar-refractivity contribution >= 4 is 15.9 Å². The van der Waals surface area contributed by atoms with Crippen LogP contribution in [0.25, 0.3) is 0 Å². The van der Waals surface area contributed by atoms with Crippen LogP contribution in [0.3, 0.4) is 0 Å². The van der Waals surface area contributed by atoms with Crippen molar-refractivity contribution < 1.29 is 22.0 Å². The lowest BCUT2D eigenvalue weighted by Gasteiger charge is -2.34. The largest absolute Gasteiger partial charge is 0.340 e. The van der Waals surface area contributed by atoms with Crippen molar-refractivity contribution in [3.05, 3.63) is 29.8 Å². The first-order valence-corrected chi connectivity index (χ1v) is 10.5. The summed E-state index contributed by atoms with van der Waals surface area (Å²) in [7, 11) is -3.89. The Kier molecular flexibility index (Phi) is 5.92. The highest BCUT2D eigenvalue weighted by Crippen LogP contribution is 2.29. The molecule has 26 heavy (non-hydrogen) atoms. The van der Waals surface area contributed by atoms with Gasteiger partial charge in [-0.05, 0) is 30.5 Å². The maximum atomic E-state index is 13.3. The number of amides is 1.